The number of nitrogens with zero attached hydrogens (tertiary/aromatic N) is 1. The van der Waals surface area contributed by atoms with Crippen molar-refractivity contribution in [3.63, 3.8) is 0 Å². The van der Waals surface area contributed by atoms with E-state index in [0.29, 0.717) is 4.90 Å². The smallest absolute Gasteiger partial charge is 0.183 e. The van der Waals surface area contributed by atoms with Gasteiger partial charge in [0.2, 0.25) is 0 Å². The van der Waals surface area contributed by atoms with E-state index in [4.69, 9.17) is 0 Å². The minimum atomic E-state index is -3.46. The van der Waals surface area contributed by atoms with Crippen molar-refractivity contribution < 1.29 is 8.42 Å². The topological polar surface area (TPSA) is 57.9 Å². The molecule has 0 saturated heterocycles. The third-order valence-corrected chi connectivity index (χ3v) is 6.54. The molecule has 0 aromatic heterocycles. The first-order valence-corrected chi connectivity index (χ1v) is 8.91. The minimum Gasteiger partial charge on any atom is -0.223 e. The highest BCUT2D eigenvalue weighted by Crippen LogP contribution is 2.53. The number of benzene rings is 2. The molecule has 0 bridgehead atoms. The van der Waals surface area contributed by atoms with Gasteiger partial charge in [0.1, 0.15) is 0 Å². The Labute approximate surface area is 131 Å². The molecule has 3 rings (SSSR count). The van der Waals surface area contributed by atoms with Gasteiger partial charge in [-0.3, -0.25) is 0 Å². The van der Waals surface area contributed by atoms with Crippen molar-refractivity contribution in [1.82, 2.24) is 0 Å². The molecule has 0 amide bonds. The Morgan fingerprint density at radius 1 is 1.05 bits per heavy atom. The van der Waals surface area contributed by atoms with Crippen LogP contribution in [0.5, 0.6) is 0 Å². The Hall–Kier alpha value is -2.12. The van der Waals surface area contributed by atoms with E-state index < -0.39 is 21.0 Å². The Morgan fingerprint density at radius 2 is 1.68 bits per heavy atom. The molecule has 3 nitrogen and oxygen atoms in total. The van der Waals surface area contributed by atoms with E-state index in [1.807, 2.05) is 24.3 Å². The number of aryl methyl sites for hydroxylation is 1. The van der Waals surface area contributed by atoms with Crippen molar-refractivity contribution in [2.24, 2.45) is 5.92 Å². The monoisotopic (exact) mass is 311 g/mol. The third-order valence-electron chi connectivity index (χ3n) is 4.31. The van der Waals surface area contributed by atoms with Gasteiger partial charge in [-0.2, -0.15) is 5.26 Å². The zero-order valence-electron chi connectivity index (χ0n) is 12.3. The molecular weight excluding hydrogens is 294 g/mol. The van der Waals surface area contributed by atoms with Gasteiger partial charge in [-0.25, -0.2) is 8.42 Å². The zero-order chi connectivity index (χ0) is 15.7. The van der Waals surface area contributed by atoms with Gasteiger partial charge in [-0.05, 0) is 29.7 Å². The van der Waals surface area contributed by atoms with Crippen LogP contribution in [0.4, 0.5) is 0 Å². The van der Waals surface area contributed by atoms with Crippen LogP contribution < -0.4 is 0 Å². The van der Waals surface area contributed by atoms with E-state index in [1.165, 1.54) is 5.56 Å². The van der Waals surface area contributed by atoms with Crippen LogP contribution in [0.1, 0.15) is 24.0 Å². The molecule has 4 heteroatoms. The fourth-order valence-corrected chi connectivity index (χ4v) is 5.05. The second-order valence-electron chi connectivity index (χ2n) is 5.60. The molecule has 2 aromatic rings. The van der Waals surface area contributed by atoms with Gasteiger partial charge < -0.3 is 0 Å². The van der Waals surface area contributed by atoms with Crippen molar-refractivity contribution in [1.29, 1.82) is 5.26 Å². The van der Waals surface area contributed by atoms with E-state index >= 15 is 0 Å². The van der Waals surface area contributed by atoms with Gasteiger partial charge in [0.05, 0.1) is 22.1 Å². The van der Waals surface area contributed by atoms with E-state index in [1.54, 1.807) is 30.3 Å². The van der Waals surface area contributed by atoms with E-state index in [9.17, 15) is 13.7 Å². The van der Waals surface area contributed by atoms with Crippen molar-refractivity contribution in [3.8, 4) is 6.07 Å². The predicted octanol–water partition coefficient (Wildman–Crippen LogP) is 3.33. The molecule has 0 unspecified atom stereocenters. The summed E-state index contributed by atoms with van der Waals surface area (Å²) in [6, 6.07) is 18.5. The molecule has 1 fully saturated rings. The first kappa shape index (κ1) is 14.8. The Kier molecular flexibility index (Phi) is 3.76. The lowest BCUT2D eigenvalue weighted by atomic mass is 10.1. The fraction of sp³-hybridized carbons (Fsp3) is 0.278. The van der Waals surface area contributed by atoms with Crippen molar-refractivity contribution in [3.05, 3.63) is 65.7 Å². The highest BCUT2D eigenvalue weighted by molar-refractivity contribution is 7.92. The highest BCUT2D eigenvalue weighted by atomic mass is 32.2. The van der Waals surface area contributed by atoms with Crippen LogP contribution in [0.15, 0.2) is 59.5 Å². The zero-order valence-corrected chi connectivity index (χ0v) is 13.1. The minimum absolute atomic E-state index is 0.221. The number of nitriles is 1. The summed E-state index contributed by atoms with van der Waals surface area (Å²) in [5.74, 6) is -0.682. The van der Waals surface area contributed by atoms with E-state index in [0.717, 1.165) is 12.0 Å². The van der Waals surface area contributed by atoms with Crippen molar-refractivity contribution in [2.75, 3.05) is 0 Å². The fourth-order valence-electron chi connectivity index (χ4n) is 2.96. The van der Waals surface area contributed by atoms with Crippen LogP contribution in [0.25, 0.3) is 0 Å². The molecule has 0 spiro atoms. The van der Waals surface area contributed by atoms with Gasteiger partial charge in [0.25, 0.3) is 0 Å². The number of rotatable bonds is 4. The van der Waals surface area contributed by atoms with E-state index in [2.05, 4.69) is 13.0 Å². The maximum absolute atomic E-state index is 12.7. The number of hydrogen-bond acceptors (Lipinski definition) is 3. The molecular formula is C18H17NO2S. The van der Waals surface area contributed by atoms with Gasteiger partial charge in [-0.15, -0.1) is 0 Å². The van der Waals surface area contributed by atoms with Gasteiger partial charge in [0, 0.05) is 5.92 Å². The predicted molar refractivity (Wildman–Crippen MR) is 85.1 cm³/mol. The van der Waals surface area contributed by atoms with E-state index in [-0.39, 0.29) is 5.92 Å². The molecule has 0 heterocycles. The third kappa shape index (κ3) is 2.42. The van der Waals surface area contributed by atoms with Gasteiger partial charge in [0.15, 0.2) is 9.84 Å². The second-order valence-corrected chi connectivity index (χ2v) is 7.70. The average molecular weight is 311 g/mol. The average Bonchev–Trinajstić information content (AvgIpc) is 3.31. The maximum Gasteiger partial charge on any atom is 0.183 e. The Bertz CT molecular complexity index is 804. The SMILES string of the molecule is CCc1ccc([C@H]2[C@H](C#N)[C@@H]2S(=O)(=O)c2ccccc2)cc1. The van der Waals surface area contributed by atoms with Crippen molar-refractivity contribution >= 4 is 9.84 Å². The normalized spacial score (nSPS) is 23.7. The summed E-state index contributed by atoms with van der Waals surface area (Å²) in [5, 5.41) is 8.67. The lowest BCUT2D eigenvalue weighted by Gasteiger charge is -2.04. The summed E-state index contributed by atoms with van der Waals surface area (Å²) in [6.07, 6.45) is 0.943. The summed E-state index contributed by atoms with van der Waals surface area (Å²) >= 11 is 0. The first-order valence-electron chi connectivity index (χ1n) is 7.37. The van der Waals surface area contributed by atoms with Crippen LogP contribution in [0.2, 0.25) is 0 Å². The molecule has 1 aliphatic carbocycles. The summed E-state index contributed by atoms with van der Waals surface area (Å²) in [4.78, 5) is 0.299. The molecule has 0 N–H and O–H groups in total. The molecule has 2 aromatic carbocycles. The summed E-state index contributed by atoms with van der Waals surface area (Å²) in [6.45, 7) is 2.08. The number of hydrogen-bond donors (Lipinski definition) is 0. The summed E-state index contributed by atoms with van der Waals surface area (Å²) in [7, 11) is -3.46. The maximum atomic E-state index is 12.7. The summed E-state index contributed by atoms with van der Waals surface area (Å²) < 4.78 is 25.4. The second kappa shape index (κ2) is 5.58. The molecule has 0 aliphatic heterocycles. The highest BCUT2D eigenvalue weighted by Gasteiger charge is 2.59. The molecule has 0 radical (unpaired) electrons. The van der Waals surface area contributed by atoms with Gasteiger partial charge in [-0.1, -0.05) is 49.4 Å². The van der Waals surface area contributed by atoms with Crippen LogP contribution in [0.3, 0.4) is 0 Å². The standard InChI is InChI=1S/C18H17NO2S/c1-2-13-8-10-14(11-9-13)17-16(12-19)18(17)22(20,21)15-6-4-3-5-7-15/h3-11,16-18H,2H2,1H3/t16-,17-,18-/m0/s1. The molecule has 22 heavy (non-hydrogen) atoms. The number of sulfone groups is 1. The Balaban J connectivity index is 1.93. The molecule has 112 valence electrons. The summed E-state index contributed by atoms with van der Waals surface area (Å²) in [5.41, 5.74) is 2.15. The lowest BCUT2D eigenvalue weighted by Crippen LogP contribution is -2.10. The lowest BCUT2D eigenvalue weighted by molar-refractivity contribution is 0.593. The molecule has 3 atom stereocenters. The first-order chi connectivity index (χ1) is 10.6. The van der Waals surface area contributed by atoms with Crippen LogP contribution in [-0.2, 0) is 16.3 Å². The molecule has 1 aliphatic rings. The Morgan fingerprint density at radius 3 is 2.23 bits per heavy atom. The van der Waals surface area contributed by atoms with Crippen LogP contribution >= 0.6 is 0 Å². The largest absolute Gasteiger partial charge is 0.223 e. The quantitative estimate of drug-likeness (QED) is 0.870. The van der Waals surface area contributed by atoms with Crippen LogP contribution in [-0.4, -0.2) is 13.7 Å². The van der Waals surface area contributed by atoms with Gasteiger partial charge >= 0.3 is 0 Å². The van der Waals surface area contributed by atoms with Crippen molar-refractivity contribution in [2.45, 2.75) is 29.4 Å². The molecule has 1 saturated carbocycles. The van der Waals surface area contributed by atoms with Crippen LogP contribution in [0, 0.1) is 17.2 Å².